The Hall–Kier alpha value is -3.15. The molecular formula is C21H21FN2O3. The quantitative estimate of drug-likeness (QED) is 0.685. The summed E-state index contributed by atoms with van der Waals surface area (Å²) in [6, 6.07) is 13.3. The van der Waals surface area contributed by atoms with Gasteiger partial charge in [0.05, 0.1) is 11.3 Å². The molecule has 0 aliphatic rings. The van der Waals surface area contributed by atoms with Gasteiger partial charge >= 0.3 is 0 Å². The summed E-state index contributed by atoms with van der Waals surface area (Å²) in [5.41, 5.74) is 3.04. The number of carbonyl (C=O) groups excluding carboxylic acids is 1. The number of ether oxygens (including phenoxy) is 1. The molecule has 0 radical (unpaired) electrons. The van der Waals surface area contributed by atoms with Crippen molar-refractivity contribution in [3.05, 3.63) is 82.5 Å². The first-order valence-electron chi connectivity index (χ1n) is 8.70. The van der Waals surface area contributed by atoms with E-state index in [-0.39, 0.29) is 11.7 Å². The van der Waals surface area contributed by atoms with Gasteiger partial charge in [0.15, 0.2) is 0 Å². The average Bonchev–Trinajstić information content (AvgIpc) is 2.98. The van der Waals surface area contributed by atoms with Crippen LogP contribution >= 0.6 is 0 Å². The van der Waals surface area contributed by atoms with Gasteiger partial charge in [-0.2, -0.15) is 0 Å². The van der Waals surface area contributed by atoms with E-state index in [0.717, 1.165) is 22.6 Å². The number of carbonyl (C=O) groups is 1. The van der Waals surface area contributed by atoms with E-state index in [0.29, 0.717) is 30.9 Å². The summed E-state index contributed by atoms with van der Waals surface area (Å²) in [4.78, 5) is 12.3. The number of rotatable bonds is 7. The molecule has 140 valence electrons. The number of nitrogens with zero attached hydrogens (tertiary/aromatic N) is 1. The maximum atomic E-state index is 13.2. The van der Waals surface area contributed by atoms with E-state index in [4.69, 9.17) is 9.26 Å². The summed E-state index contributed by atoms with van der Waals surface area (Å²) in [6.45, 7) is 4.44. The first-order chi connectivity index (χ1) is 13.0. The van der Waals surface area contributed by atoms with Crippen LogP contribution in [0.2, 0.25) is 0 Å². The minimum atomic E-state index is -0.276. The second kappa shape index (κ2) is 8.49. The Balaban J connectivity index is 1.55. The standard InChI is InChI=1S/C21H21FN2O3/c1-14-20(15(2)27-24-14)13-26-19-8-4-6-17(12-19)21(25)23-10-9-16-5-3-7-18(22)11-16/h3-8,11-12H,9-10,13H2,1-2H3,(H,23,25). The number of halogens is 1. The first kappa shape index (κ1) is 18.6. The Kier molecular flexibility index (Phi) is 5.86. The zero-order chi connectivity index (χ0) is 19.2. The van der Waals surface area contributed by atoms with E-state index in [1.807, 2.05) is 19.9 Å². The topological polar surface area (TPSA) is 64.4 Å². The van der Waals surface area contributed by atoms with Crippen LogP contribution in [0.15, 0.2) is 53.1 Å². The summed E-state index contributed by atoms with van der Waals surface area (Å²) >= 11 is 0. The Morgan fingerprint density at radius 2 is 2.00 bits per heavy atom. The highest BCUT2D eigenvalue weighted by atomic mass is 19.1. The fourth-order valence-corrected chi connectivity index (χ4v) is 2.71. The molecule has 6 heteroatoms. The molecule has 0 spiro atoms. The van der Waals surface area contributed by atoms with Crippen LogP contribution in [0, 0.1) is 19.7 Å². The van der Waals surface area contributed by atoms with Gasteiger partial charge in [-0.15, -0.1) is 0 Å². The molecule has 0 saturated carbocycles. The highest BCUT2D eigenvalue weighted by Gasteiger charge is 2.11. The summed E-state index contributed by atoms with van der Waals surface area (Å²) < 4.78 is 24.1. The van der Waals surface area contributed by atoms with Gasteiger partial charge in [-0.1, -0.05) is 23.4 Å². The third-order valence-corrected chi connectivity index (χ3v) is 4.25. The lowest BCUT2D eigenvalue weighted by Gasteiger charge is -2.09. The van der Waals surface area contributed by atoms with Gasteiger partial charge in [0, 0.05) is 12.1 Å². The van der Waals surface area contributed by atoms with Crippen molar-refractivity contribution in [3.8, 4) is 5.75 Å². The minimum absolute atomic E-state index is 0.200. The molecule has 1 aromatic heterocycles. The Morgan fingerprint density at radius 3 is 2.74 bits per heavy atom. The van der Waals surface area contributed by atoms with E-state index in [9.17, 15) is 9.18 Å². The van der Waals surface area contributed by atoms with Gasteiger partial charge in [-0.3, -0.25) is 4.79 Å². The smallest absolute Gasteiger partial charge is 0.251 e. The Morgan fingerprint density at radius 1 is 1.19 bits per heavy atom. The van der Waals surface area contributed by atoms with Crippen LogP contribution in [0.3, 0.4) is 0 Å². The van der Waals surface area contributed by atoms with Crippen molar-refractivity contribution in [1.29, 1.82) is 0 Å². The third kappa shape index (κ3) is 4.94. The molecule has 0 aliphatic heterocycles. The summed E-state index contributed by atoms with van der Waals surface area (Å²) in [7, 11) is 0. The summed E-state index contributed by atoms with van der Waals surface area (Å²) in [5.74, 6) is 0.836. The number of amides is 1. The van der Waals surface area contributed by atoms with Gasteiger partial charge in [0.1, 0.15) is 23.9 Å². The molecule has 3 aromatic rings. The number of hydrogen-bond acceptors (Lipinski definition) is 4. The molecule has 1 heterocycles. The molecule has 1 amide bonds. The first-order valence-corrected chi connectivity index (χ1v) is 8.70. The van der Waals surface area contributed by atoms with Crippen LogP contribution in [0.4, 0.5) is 4.39 Å². The summed E-state index contributed by atoms with van der Waals surface area (Å²) in [6.07, 6.45) is 0.561. The molecule has 3 rings (SSSR count). The largest absolute Gasteiger partial charge is 0.489 e. The molecule has 0 saturated heterocycles. The number of hydrogen-bond donors (Lipinski definition) is 1. The van der Waals surface area contributed by atoms with Crippen molar-refractivity contribution >= 4 is 5.91 Å². The van der Waals surface area contributed by atoms with Crippen molar-refractivity contribution in [1.82, 2.24) is 10.5 Å². The van der Waals surface area contributed by atoms with E-state index in [1.54, 1.807) is 30.3 Å². The lowest BCUT2D eigenvalue weighted by molar-refractivity contribution is 0.0953. The number of benzene rings is 2. The zero-order valence-electron chi connectivity index (χ0n) is 15.3. The molecule has 27 heavy (non-hydrogen) atoms. The van der Waals surface area contributed by atoms with Crippen molar-refractivity contribution < 1.29 is 18.4 Å². The van der Waals surface area contributed by atoms with Gasteiger partial charge in [0.25, 0.3) is 5.91 Å². The van der Waals surface area contributed by atoms with Crippen molar-refractivity contribution in [2.75, 3.05) is 6.54 Å². The maximum Gasteiger partial charge on any atom is 0.251 e. The van der Waals surface area contributed by atoms with Crippen LogP contribution in [-0.2, 0) is 13.0 Å². The highest BCUT2D eigenvalue weighted by molar-refractivity contribution is 5.94. The second-order valence-corrected chi connectivity index (χ2v) is 6.26. The third-order valence-electron chi connectivity index (χ3n) is 4.25. The lowest BCUT2D eigenvalue weighted by atomic mass is 10.1. The van der Waals surface area contributed by atoms with Crippen LogP contribution < -0.4 is 10.1 Å². The fraction of sp³-hybridized carbons (Fsp3) is 0.238. The van der Waals surface area contributed by atoms with E-state index in [2.05, 4.69) is 10.5 Å². The Bertz CT molecular complexity index is 917. The molecule has 0 aliphatic carbocycles. The maximum absolute atomic E-state index is 13.2. The molecule has 0 bridgehead atoms. The molecule has 0 unspecified atom stereocenters. The molecule has 1 N–H and O–H groups in total. The van der Waals surface area contributed by atoms with Crippen LogP contribution in [0.25, 0.3) is 0 Å². The monoisotopic (exact) mass is 368 g/mol. The minimum Gasteiger partial charge on any atom is -0.489 e. The van der Waals surface area contributed by atoms with Crippen molar-refractivity contribution in [3.63, 3.8) is 0 Å². The fourth-order valence-electron chi connectivity index (χ4n) is 2.71. The predicted molar refractivity (Wildman–Crippen MR) is 99.2 cm³/mol. The highest BCUT2D eigenvalue weighted by Crippen LogP contribution is 2.18. The van der Waals surface area contributed by atoms with E-state index < -0.39 is 0 Å². The van der Waals surface area contributed by atoms with Crippen molar-refractivity contribution in [2.24, 2.45) is 0 Å². The van der Waals surface area contributed by atoms with Gasteiger partial charge < -0.3 is 14.6 Å². The van der Waals surface area contributed by atoms with E-state index in [1.165, 1.54) is 12.1 Å². The summed E-state index contributed by atoms with van der Waals surface area (Å²) in [5, 5.41) is 6.74. The zero-order valence-corrected chi connectivity index (χ0v) is 15.3. The normalized spacial score (nSPS) is 10.6. The van der Waals surface area contributed by atoms with Crippen molar-refractivity contribution in [2.45, 2.75) is 26.9 Å². The average molecular weight is 368 g/mol. The molecule has 2 aromatic carbocycles. The SMILES string of the molecule is Cc1noc(C)c1COc1cccc(C(=O)NCCc2cccc(F)c2)c1. The number of aromatic nitrogens is 1. The van der Waals surface area contributed by atoms with Gasteiger partial charge in [-0.05, 0) is 56.2 Å². The van der Waals surface area contributed by atoms with E-state index >= 15 is 0 Å². The van der Waals surface area contributed by atoms with Crippen LogP contribution in [0.1, 0.15) is 32.9 Å². The van der Waals surface area contributed by atoms with Gasteiger partial charge in [0.2, 0.25) is 0 Å². The second-order valence-electron chi connectivity index (χ2n) is 6.26. The number of aryl methyl sites for hydroxylation is 2. The van der Waals surface area contributed by atoms with Crippen LogP contribution in [-0.4, -0.2) is 17.6 Å². The van der Waals surface area contributed by atoms with Gasteiger partial charge in [-0.25, -0.2) is 4.39 Å². The molecular weight excluding hydrogens is 347 g/mol. The Labute approximate surface area is 157 Å². The predicted octanol–water partition coefficient (Wildman–Crippen LogP) is 3.98. The lowest BCUT2D eigenvalue weighted by Crippen LogP contribution is -2.25. The number of nitrogens with one attached hydrogen (secondary N) is 1. The molecule has 0 atom stereocenters. The van der Waals surface area contributed by atoms with Crippen LogP contribution in [0.5, 0.6) is 5.75 Å². The molecule has 0 fully saturated rings. The molecule has 5 nitrogen and oxygen atoms in total.